The van der Waals surface area contributed by atoms with E-state index in [1.807, 2.05) is 0 Å². The average molecular weight is 314 g/mol. The third-order valence-electron chi connectivity index (χ3n) is 8.04. The molecule has 0 radical (unpaired) electrons. The maximum absolute atomic E-state index is 5.71. The lowest BCUT2D eigenvalue weighted by molar-refractivity contribution is -0.0154. The predicted molar refractivity (Wildman–Crippen MR) is 94.9 cm³/mol. The number of hydrogen-bond acceptors (Lipinski definition) is 4. The maximum atomic E-state index is 5.71. The van der Waals surface area contributed by atoms with Crippen LogP contribution in [0.25, 0.3) is 0 Å². The largest absolute Gasteiger partial charge is 0.323 e. The fourth-order valence-electron chi connectivity index (χ4n) is 6.67. The van der Waals surface area contributed by atoms with Gasteiger partial charge in [-0.05, 0) is 80.6 Å². The van der Waals surface area contributed by atoms with Crippen molar-refractivity contribution in [3.05, 3.63) is 11.6 Å². The van der Waals surface area contributed by atoms with Crippen LogP contribution in [0.4, 0.5) is 0 Å². The number of rotatable bonds is 0. The van der Waals surface area contributed by atoms with Gasteiger partial charge >= 0.3 is 0 Å². The summed E-state index contributed by atoms with van der Waals surface area (Å²) in [5.74, 6) is 13.7. The quantitative estimate of drug-likeness (QED) is 0.529. The van der Waals surface area contributed by atoms with Gasteiger partial charge < -0.3 is 11.7 Å². The van der Waals surface area contributed by atoms with E-state index >= 15 is 0 Å². The van der Waals surface area contributed by atoms with E-state index in [0.717, 1.165) is 36.3 Å². The summed E-state index contributed by atoms with van der Waals surface area (Å²) in [6.07, 6.45) is 12.1. The first-order chi connectivity index (χ1) is 11.0. The third kappa shape index (κ3) is 1.96. The predicted octanol–water partition coefficient (Wildman–Crippen LogP) is 3.58. The fraction of sp³-hybridized carbons (Fsp3) is 0.789. The minimum Gasteiger partial charge on any atom is -0.323 e. The monoisotopic (exact) mass is 314 g/mol. The molecule has 0 aromatic carbocycles. The minimum absolute atomic E-state index is 0.270. The van der Waals surface area contributed by atoms with Crippen LogP contribution in [0.2, 0.25) is 0 Å². The molecule has 0 aromatic heterocycles. The van der Waals surface area contributed by atoms with Gasteiger partial charge in [-0.25, -0.2) is 0 Å². The molecule has 0 aliphatic heterocycles. The summed E-state index contributed by atoms with van der Waals surface area (Å²) in [6, 6.07) is 0. The van der Waals surface area contributed by atoms with E-state index in [2.05, 4.69) is 30.1 Å². The first-order valence-corrected chi connectivity index (χ1v) is 9.28. The second-order valence-electron chi connectivity index (χ2n) is 8.69. The van der Waals surface area contributed by atoms with E-state index in [-0.39, 0.29) is 5.41 Å². The van der Waals surface area contributed by atoms with Crippen molar-refractivity contribution in [2.24, 2.45) is 50.5 Å². The lowest BCUT2D eigenvalue weighted by atomic mass is 9.47. The minimum atomic E-state index is 0.270. The normalized spacial score (nSPS) is 49.5. The SMILES string of the molecule is C[C@]12CC/C(=N/N)C=C1CC[C@H]1[C@H]3CC/C(=N\N)[C@@]3(C)CC[C@@H]12. The topological polar surface area (TPSA) is 76.8 Å². The zero-order valence-electron chi connectivity index (χ0n) is 14.5. The van der Waals surface area contributed by atoms with Crippen LogP contribution in [0.1, 0.15) is 65.2 Å². The van der Waals surface area contributed by atoms with E-state index in [1.165, 1.54) is 44.2 Å². The Bertz CT molecular complexity index is 604. The smallest absolute Gasteiger partial charge is 0.0600 e. The van der Waals surface area contributed by atoms with Crippen molar-refractivity contribution in [3.63, 3.8) is 0 Å². The lowest BCUT2D eigenvalue weighted by Crippen LogP contribution is -2.50. The summed E-state index contributed by atoms with van der Waals surface area (Å²) in [4.78, 5) is 0. The Kier molecular flexibility index (Phi) is 3.37. The first-order valence-electron chi connectivity index (χ1n) is 9.28. The van der Waals surface area contributed by atoms with Crippen LogP contribution >= 0.6 is 0 Å². The zero-order valence-corrected chi connectivity index (χ0v) is 14.5. The summed E-state index contributed by atoms with van der Waals surface area (Å²) >= 11 is 0. The van der Waals surface area contributed by atoms with Crippen molar-refractivity contribution >= 4 is 11.4 Å². The van der Waals surface area contributed by atoms with Crippen LogP contribution in [0, 0.1) is 28.6 Å². The summed E-state index contributed by atoms with van der Waals surface area (Å²) in [6.45, 7) is 4.94. The fourth-order valence-corrected chi connectivity index (χ4v) is 6.67. The molecule has 0 heterocycles. The summed E-state index contributed by atoms with van der Waals surface area (Å²) in [5.41, 5.74) is 4.62. The van der Waals surface area contributed by atoms with E-state index in [9.17, 15) is 0 Å². The van der Waals surface area contributed by atoms with Crippen molar-refractivity contribution < 1.29 is 0 Å². The Hall–Kier alpha value is -1.32. The Balaban J connectivity index is 1.68. The highest BCUT2D eigenvalue weighted by atomic mass is 15.1. The molecule has 4 aliphatic carbocycles. The summed E-state index contributed by atoms with van der Waals surface area (Å²) < 4.78 is 0. The molecular weight excluding hydrogens is 284 g/mol. The van der Waals surface area contributed by atoms with Crippen LogP contribution in [-0.2, 0) is 0 Å². The van der Waals surface area contributed by atoms with Crippen molar-refractivity contribution in [3.8, 4) is 0 Å². The Morgan fingerprint density at radius 1 is 0.913 bits per heavy atom. The van der Waals surface area contributed by atoms with Gasteiger partial charge in [-0.3, -0.25) is 0 Å². The van der Waals surface area contributed by atoms with Crippen molar-refractivity contribution in [2.45, 2.75) is 65.2 Å². The highest BCUT2D eigenvalue weighted by Crippen LogP contribution is 2.64. The molecular formula is C19H30N4. The van der Waals surface area contributed by atoms with Crippen LogP contribution in [-0.4, -0.2) is 11.4 Å². The molecule has 0 spiro atoms. The first kappa shape index (κ1) is 15.2. The summed E-state index contributed by atoms with van der Waals surface area (Å²) in [5, 5.41) is 8.15. The molecule has 0 saturated heterocycles. The molecule has 5 atom stereocenters. The van der Waals surface area contributed by atoms with Crippen LogP contribution in [0.15, 0.2) is 21.9 Å². The number of fused-ring (bicyclic) bond motifs is 5. The second kappa shape index (κ2) is 5.09. The van der Waals surface area contributed by atoms with Gasteiger partial charge in [0.2, 0.25) is 0 Å². The van der Waals surface area contributed by atoms with E-state index in [4.69, 9.17) is 11.7 Å². The van der Waals surface area contributed by atoms with Gasteiger partial charge in [-0.15, -0.1) is 0 Å². The molecule has 4 heteroatoms. The number of hydrazone groups is 2. The molecule has 0 bridgehead atoms. The lowest BCUT2D eigenvalue weighted by Gasteiger charge is -2.57. The van der Waals surface area contributed by atoms with Gasteiger partial charge in [0.1, 0.15) is 0 Å². The van der Waals surface area contributed by atoms with Crippen molar-refractivity contribution in [1.82, 2.24) is 0 Å². The average Bonchev–Trinajstić information content (AvgIpc) is 2.90. The molecule has 0 aromatic rings. The van der Waals surface area contributed by atoms with Gasteiger partial charge in [0.25, 0.3) is 0 Å². The standard InChI is InChI=1S/C19H30N4/c1-18-9-7-13(22-20)11-12(18)3-4-14-15-5-6-17(23-21)19(15,2)10-8-16(14)18/h11,14-16H,3-10,20-21H2,1-2H3/b22-13-,23-17+/t14-,15+,16-,18-,19-/m0/s1. The van der Waals surface area contributed by atoms with Gasteiger partial charge in [0, 0.05) is 11.1 Å². The molecule has 4 nitrogen and oxygen atoms in total. The van der Waals surface area contributed by atoms with Crippen LogP contribution in [0.5, 0.6) is 0 Å². The van der Waals surface area contributed by atoms with Gasteiger partial charge in [0.15, 0.2) is 0 Å². The summed E-state index contributed by atoms with van der Waals surface area (Å²) in [7, 11) is 0. The molecule has 0 amide bonds. The van der Waals surface area contributed by atoms with Crippen molar-refractivity contribution in [2.75, 3.05) is 0 Å². The Morgan fingerprint density at radius 2 is 1.70 bits per heavy atom. The van der Waals surface area contributed by atoms with Crippen molar-refractivity contribution in [1.29, 1.82) is 0 Å². The van der Waals surface area contributed by atoms with Crippen LogP contribution < -0.4 is 11.7 Å². The molecule has 4 N–H and O–H groups in total. The maximum Gasteiger partial charge on any atom is 0.0600 e. The molecule has 23 heavy (non-hydrogen) atoms. The van der Waals surface area contributed by atoms with Gasteiger partial charge in [0.05, 0.1) is 5.71 Å². The Labute approximate surface area is 139 Å². The van der Waals surface area contributed by atoms with E-state index < -0.39 is 0 Å². The zero-order chi connectivity index (χ0) is 16.2. The van der Waals surface area contributed by atoms with E-state index in [1.54, 1.807) is 5.57 Å². The number of allylic oxidation sites excluding steroid dienone is 2. The highest BCUT2D eigenvalue weighted by Gasteiger charge is 2.58. The van der Waals surface area contributed by atoms with Gasteiger partial charge in [-0.1, -0.05) is 19.4 Å². The van der Waals surface area contributed by atoms with Gasteiger partial charge in [-0.2, -0.15) is 10.2 Å². The number of nitrogens with zero attached hydrogens (tertiary/aromatic N) is 2. The Morgan fingerprint density at radius 3 is 2.43 bits per heavy atom. The third-order valence-corrected chi connectivity index (χ3v) is 8.04. The highest BCUT2D eigenvalue weighted by molar-refractivity contribution is 5.96. The molecule has 4 aliphatic rings. The number of nitrogens with two attached hydrogens (primary N) is 2. The molecule has 126 valence electrons. The second-order valence-corrected chi connectivity index (χ2v) is 8.69. The molecule has 4 rings (SSSR count). The van der Waals surface area contributed by atoms with E-state index in [0.29, 0.717) is 5.41 Å². The van der Waals surface area contributed by atoms with Crippen LogP contribution in [0.3, 0.4) is 0 Å². The molecule has 3 saturated carbocycles. The molecule has 0 unspecified atom stereocenters. The number of hydrogen-bond donors (Lipinski definition) is 2. The molecule has 3 fully saturated rings.